The van der Waals surface area contributed by atoms with Gasteiger partial charge in [-0.25, -0.2) is 18.4 Å². The maximum atomic E-state index is 13.0. The van der Waals surface area contributed by atoms with Gasteiger partial charge < -0.3 is 21.1 Å². The van der Waals surface area contributed by atoms with E-state index in [4.69, 9.17) is 21.0 Å². The maximum absolute atomic E-state index is 13.0. The largest absolute Gasteiger partial charge is 0.464 e. The van der Waals surface area contributed by atoms with Gasteiger partial charge >= 0.3 is 5.97 Å². The van der Waals surface area contributed by atoms with E-state index in [1.54, 1.807) is 73.7 Å². The van der Waals surface area contributed by atoms with Gasteiger partial charge in [-0.3, -0.25) is 10.2 Å². The van der Waals surface area contributed by atoms with Gasteiger partial charge in [0.05, 0.1) is 11.5 Å². The summed E-state index contributed by atoms with van der Waals surface area (Å²) in [7, 11) is -3.93. The summed E-state index contributed by atoms with van der Waals surface area (Å²) in [6, 6.07) is 17.8. The van der Waals surface area contributed by atoms with Crippen LogP contribution in [0, 0.1) is 5.41 Å². The number of nitrogens with two attached hydrogens (primary N) is 2. The van der Waals surface area contributed by atoms with Crippen molar-refractivity contribution < 1.29 is 22.7 Å². The summed E-state index contributed by atoms with van der Waals surface area (Å²) in [5.74, 6) is -1.61. The van der Waals surface area contributed by atoms with Gasteiger partial charge in [0, 0.05) is 22.5 Å². The molecule has 1 amide bonds. The lowest BCUT2D eigenvalue weighted by Crippen LogP contribution is -2.42. The van der Waals surface area contributed by atoms with Crippen LogP contribution >= 0.6 is 0 Å². The van der Waals surface area contributed by atoms with Gasteiger partial charge in [-0.1, -0.05) is 42.5 Å². The number of nitrogens with one attached hydrogen (secondary N) is 3. The highest BCUT2D eigenvalue weighted by molar-refractivity contribution is 7.89. The van der Waals surface area contributed by atoms with E-state index >= 15 is 0 Å². The fourth-order valence-electron chi connectivity index (χ4n) is 3.30. The number of primary sulfonamides is 1. The average Bonchev–Trinajstić information content (AvgIpc) is 2.82. The lowest BCUT2D eigenvalue weighted by molar-refractivity contribution is -0.146. The molecule has 0 unspecified atom stereocenters. The number of benzene rings is 3. The van der Waals surface area contributed by atoms with Crippen molar-refractivity contribution in [3.8, 4) is 11.1 Å². The molecule has 0 aliphatic carbocycles. The summed E-state index contributed by atoms with van der Waals surface area (Å²) < 4.78 is 28.8. The summed E-state index contributed by atoms with van der Waals surface area (Å²) in [6.45, 7) is 1.71. The van der Waals surface area contributed by atoms with Gasteiger partial charge in [0.15, 0.2) is 0 Å². The number of anilines is 2. The molecule has 3 aromatic carbocycles. The first kappa shape index (κ1) is 25.4. The van der Waals surface area contributed by atoms with E-state index in [0.29, 0.717) is 28.1 Å². The summed E-state index contributed by atoms with van der Waals surface area (Å²) in [5.41, 5.74) is 7.72. The zero-order valence-electron chi connectivity index (χ0n) is 18.8. The van der Waals surface area contributed by atoms with E-state index < -0.39 is 27.9 Å². The molecule has 0 bridgehead atoms. The van der Waals surface area contributed by atoms with Crippen LogP contribution in [0.25, 0.3) is 11.1 Å². The van der Waals surface area contributed by atoms with Crippen LogP contribution in [0.1, 0.15) is 12.5 Å². The molecule has 0 fully saturated rings. The van der Waals surface area contributed by atoms with Crippen LogP contribution < -0.4 is 21.5 Å². The standard InChI is InChI=1S/C24H25N5O5S/c1-2-34-24(31)21(28-18-7-5-6-16(14-18)22(25)26)23(30)29-17-12-10-15(11-13-17)19-8-3-4-9-20(19)35(27,32)33/h3-14,21,28H,2H2,1H3,(H3,25,26)(H,29,30)(H2,27,32,33)/t21-/m0/s1. The minimum absolute atomic E-state index is 0.0175. The number of carbonyl (C=O) groups is 2. The number of ether oxygens (including phenoxy) is 1. The predicted octanol–water partition coefficient (Wildman–Crippen LogP) is 2.27. The first-order valence-corrected chi connectivity index (χ1v) is 12.1. The van der Waals surface area contributed by atoms with Gasteiger partial charge in [-0.15, -0.1) is 0 Å². The topological polar surface area (TPSA) is 177 Å². The van der Waals surface area contributed by atoms with E-state index in [-0.39, 0.29) is 17.3 Å². The Morgan fingerprint density at radius 3 is 2.31 bits per heavy atom. The lowest BCUT2D eigenvalue weighted by atomic mass is 10.1. The third kappa shape index (κ3) is 6.43. The van der Waals surface area contributed by atoms with Crippen LogP contribution in [-0.4, -0.2) is 38.8 Å². The highest BCUT2D eigenvalue weighted by Crippen LogP contribution is 2.27. The molecule has 3 aromatic rings. The van der Waals surface area contributed by atoms with E-state index in [1.807, 2.05) is 0 Å². The Kier molecular flexibility index (Phi) is 7.84. The Labute approximate surface area is 202 Å². The number of sulfonamides is 1. The maximum Gasteiger partial charge on any atom is 0.338 e. The molecule has 0 heterocycles. The smallest absolute Gasteiger partial charge is 0.338 e. The minimum Gasteiger partial charge on any atom is -0.464 e. The zero-order chi connectivity index (χ0) is 25.6. The Balaban J connectivity index is 1.82. The Morgan fingerprint density at radius 1 is 1.00 bits per heavy atom. The quantitative estimate of drug-likeness (QED) is 0.131. The second-order valence-electron chi connectivity index (χ2n) is 7.43. The molecule has 10 nitrogen and oxygen atoms in total. The van der Waals surface area contributed by atoms with Crippen LogP contribution in [-0.2, 0) is 24.3 Å². The van der Waals surface area contributed by atoms with E-state index in [2.05, 4.69) is 10.6 Å². The van der Waals surface area contributed by atoms with Gasteiger partial charge in [0.2, 0.25) is 16.1 Å². The van der Waals surface area contributed by atoms with Crippen LogP contribution in [0.2, 0.25) is 0 Å². The normalized spacial score (nSPS) is 11.8. The number of hydrogen-bond donors (Lipinski definition) is 5. The van der Waals surface area contributed by atoms with Crippen LogP contribution in [0.15, 0.2) is 77.7 Å². The molecule has 7 N–H and O–H groups in total. The van der Waals surface area contributed by atoms with Crippen LogP contribution in [0.4, 0.5) is 11.4 Å². The average molecular weight is 496 g/mol. The fraction of sp³-hybridized carbons (Fsp3) is 0.125. The fourth-order valence-corrected chi connectivity index (χ4v) is 4.06. The number of esters is 1. The molecular weight excluding hydrogens is 470 g/mol. The summed E-state index contributed by atoms with van der Waals surface area (Å²) >= 11 is 0. The molecule has 182 valence electrons. The number of rotatable bonds is 9. The van der Waals surface area contributed by atoms with E-state index in [0.717, 1.165) is 0 Å². The van der Waals surface area contributed by atoms with Gasteiger partial charge in [-0.2, -0.15) is 0 Å². The molecule has 3 rings (SSSR count). The van der Waals surface area contributed by atoms with Crippen molar-refractivity contribution in [2.24, 2.45) is 10.9 Å². The third-order valence-corrected chi connectivity index (χ3v) is 5.90. The Morgan fingerprint density at radius 2 is 1.69 bits per heavy atom. The van der Waals surface area contributed by atoms with Crippen molar-refractivity contribution in [3.63, 3.8) is 0 Å². The molecule has 0 aromatic heterocycles. The van der Waals surface area contributed by atoms with Crippen LogP contribution in [0.5, 0.6) is 0 Å². The SMILES string of the molecule is CCOC(=O)[C@@H](Nc1cccc(C(=N)N)c1)C(=O)Nc1ccc(-c2ccccc2S(N)(=O)=O)cc1. The molecule has 0 saturated heterocycles. The molecule has 35 heavy (non-hydrogen) atoms. The van der Waals surface area contributed by atoms with Crippen molar-refractivity contribution in [1.29, 1.82) is 5.41 Å². The summed E-state index contributed by atoms with van der Waals surface area (Å²) in [5, 5.41) is 18.3. The van der Waals surface area contributed by atoms with Gasteiger partial charge in [-0.05, 0) is 42.8 Å². The predicted molar refractivity (Wildman–Crippen MR) is 133 cm³/mol. The Bertz CT molecular complexity index is 1360. The molecule has 11 heteroatoms. The van der Waals surface area contributed by atoms with Crippen LogP contribution in [0.3, 0.4) is 0 Å². The number of hydrogen-bond acceptors (Lipinski definition) is 7. The second kappa shape index (κ2) is 10.8. The van der Waals surface area contributed by atoms with Gasteiger partial charge in [0.1, 0.15) is 5.84 Å². The highest BCUT2D eigenvalue weighted by atomic mass is 32.2. The number of carbonyl (C=O) groups excluding carboxylic acids is 2. The highest BCUT2D eigenvalue weighted by Gasteiger charge is 2.28. The first-order valence-electron chi connectivity index (χ1n) is 10.5. The van der Waals surface area contributed by atoms with Crippen molar-refractivity contribution >= 4 is 39.1 Å². The van der Waals surface area contributed by atoms with Crippen molar-refractivity contribution in [2.75, 3.05) is 17.2 Å². The summed E-state index contributed by atoms with van der Waals surface area (Å²) in [6.07, 6.45) is 0. The third-order valence-electron chi connectivity index (χ3n) is 4.93. The lowest BCUT2D eigenvalue weighted by Gasteiger charge is -2.18. The van der Waals surface area contributed by atoms with E-state index in [1.165, 1.54) is 6.07 Å². The van der Waals surface area contributed by atoms with E-state index in [9.17, 15) is 18.0 Å². The van der Waals surface area contributed by atoms with Gasteiger partial charge in [0.25, 0.3) is 5.91 Å². The molecule has 0 aliphatic heterocycles. The molecular formula is C24H25N5O5S. The van der Waals surface area contributed by atoms with Crippen molar-refractivity contribution in [1.82, 2.24) is 0 Å². The minimum atomic E-state index is -3.93. The molecule has 0 saturated carbocycles. The number of amidine groups is 1. The molecule has 1 atom stereocenters. The molecule has 0 spiro atoms. The van der Waals surface area contributed by atoms with Crippen molar-refractivity contribution in [2.45, 2.75) is 17.9 Å². The second-order valence-corrected chi connectivity index (χ2v) is 8.96. The number of amides is 1. The molecule has 0 radical (unpaired) electrons. The zero-order valence-corrected chi connectivity index (χ0v) is 19.6. The number of nitrogen functional groups attached to an aromatic ring is 1. The monoisotopic (exact) mass is 495 g/mol. The van der Waals surface area contributed by atoms with Crippen molar-refractivity contribution in [3.05, 3.63) is 78.4 Å². The first-order chi connectivity index (χ1) is 16.6. The summed E-state index contributed by atoms with van der Waals surface area (Å²) in [4.78, 5) is 25.4. The molecule has 0 aliphatic rings. The Hall–Kier alpha value is -4.22.